The lowest BCUT2D eigenvalue weighted by Crippen LogP contribution is -2.33. The van der Waals surface area contributed by atoms with Crippen LogP contribution in [-0.4, -0.2) is 24.4 Å². The average Bonchev–Trinajstić information content (AvgIpc) is 2.49. The largest absolute Gasteiger partial charge is 0.491 e. The Balaban J connectivity index is 1.83. The summed E-state index contributed by atoms with van der Waals surface area (Å²) in [7, 11) is 0. The first-order valence-corrected chi connectivity index (χ1v) is 7.92. The molecule has 2 unspecified atom stereocenters. The molecule has 0 heterocycles. The molecule has 0 saturated carbocycles. The molecule has 0 amide bonds. The number of hydrogen-bond donors (Lipinski definition) is 2. The number of benzene rings is 2. The minimum Gasteiger partial charge on any atom is -0.491 e. The van der Waals surface area contributed by atoms with E-state index in [0.717, 1.165) is 17.2 Å². The first kappa shape index (κ1) is 18.4. The molecule has 24 heavy (non-hydrogen) atoms. The zero-order chi connectivity index (χ0) is 17.7. The second kappa shape index (κ2) is 8.22. The van der Waals surface area contributed by atoms with Crippen molar-refractivity contribution in [1.82, 2.24) is 5.32 Å². The van der Waals surface area contributed by atoms with E-state index in [2.05, 4.69) is 5.32 Å². The number of aliphatic hydroxyl groups is 1. The SMILES string of the molecule is Cc1cc(C)cc(OCC(O)CNC(C)c2ccc(F)cc2F)c1. The van der Waals surface area contributed by atoms with Crippen LogP contribution in [0.15, 0.2) is 36.4 Å². The third kappa shape index (κ3) is 5.28. The number of hydrogen-bond acceptors (Lipinski definition) is 3. The summed E-state index contributed by atoms with van der Waals surface area (Å²) in [6.07, 6.45) is -0.739. The Hall–Kier alpha value is -1.98. The van der Waals surface area contributed by atoms with Gasteiger partial charge in [0.25, 0.3) is 0 Å². The summed E-state index contributed by atoms with van der Waals surface area (Å²) in [5.74, 6) is -0.495. The zero-order valence-corrected chi connectivity index (χ0v) is 14.1. The second-order valence-corrected chi connectivity index (χ2v) is 6.08. The molecule has 3 nitrogen and oxygen atoms in total. The van der Waals surface area contributed by atoms with Crippen LogP contribution in [0.5, 0.6) is 5.75 Å². The van der Waals surface area contributed by atoms with Crippen molar-refractivity contribution >= 4 is 0 Å². The number of rotatable bonds is 7. The Labute approximate surface area is 141 Å². The van der Waals surface area contributed by atoms with Gasteiger partial charge in [-0.2, -0.15) is 0 Å². The van der Waals surface area contributed by atoms with Gasteiger partial charge in [0.05, 0.1) is 0 Å². The topological polar surface area (TPSA) is 41.5 Å². The van der Waals surface area contributed by atoms with Gasteiger partial charge in [0.2, 0.25) is 0 Å². The standard InChI is InChI=1S/C19H23F2NO2/c1-12-6-13(2)8-17(7-12)24-11-16(23)10-22-14(3)18-5-4-15(20)9-19(18)21/h4-9,14,16,22-23H,10-11H2,1-3H3. The summed E-state index contributed by atoms with van der Waals surface area (Å²) in [6.45, 7) is 6.10. The van der Waals surface area contributed by atoms with Crippen LogP contribution >= 0.6 is 0 Å². The molecule has 0 bridgehead atoms. The molecule has 0 aliphatic rings. The molecule has 0 spiro atoms. The number of halogens is 2. The normalized spacial score (nSPS) is 13.6. The molecule has 0 aliphatic carbocycles. The highest BCUT2D eigenvalue weighted by molar-refractivity contribution is 5.33. The van der Waals surface area contributed by atoms with Gasteiger partial charge in [-0.3, -0.25) is 0 Å². The second-order valence-electron chi connectivity index (χ2n) is 6.08. The summed E-state index contributed by atoms with van der Waals surface area (Å²) in [5.41, 5.74) is 2.55. The highest BCUT2D eigenvalue weighted by atomic mass is 19.1. The fourth-order valence-corrected chi connectivity index (χ4v) is 2.54. The summed E-state index contributed by atoms with van der Waals surface area (Å²) >= 11 is 0. The molecule has 0 aliphatic heterocycles. The van der Waals surface area contributed by atoms with Crippen molar-refractivity contribution < 1.29 is 18.6 Å². The van der Waals surface area contributed by atoms with Gasteiger partial charge in [0.1, 0.15) is 30.1 Å². The molecule has 2 aromatic rings. The van der Waals surface area contributed by atoms with E-state index in [1.54, 1.807) is 6.92 Å². The van der Waals surface area contributed by atoms with Gasteiger partial charge in [-0.1, -0.05) is 12.1 Å². The van der Waals surface area contributed by atoms with E-state index < -0.39 is 17.7 Å². The lowest BCUT2D eigenvalue weighted by atomic mass is 10.1. The first-order chi connectivity index (χ1) is 11.3. The van der Waals surface area contributed by atoms with Gasteiger partial charge in [0.15, 0.2) is 0 Å². The van der Waals surface area contributed by atoms with Crippen molar-refractivity contribution in [2.45, 2.75) is 32.9 Å². The van der Waals surface area contributed by atoms with Crippen molar-refractivity contribution in [3.05, 3.63) is 64.7 Å². The average molecular weight is 335 g/mol. The van der Waals surface area contributed by atoms with E-state index in [1.165, 1.54) is 12.1 Å². The predicted molar refractivity (Wildman–Crippen MR) is 90.2 cm³/mol. The highest BCUT2D eigenvalue weighted by Crippen LogP contribution is 2.18. The molecule has 0 aromatic heterocycles. The number of aryl methyl sites for hydroxylation is 2. The summed E-state index contributed by atoms with van der Waals surface area (Å²) in [4.78, 5) is 0. The minimum absolute atomic E-state index is 0.133. The van der Waals surface area contributed by atoms with Crippen LogP contribution in [-0.2, 0) is 0 Å². The third-order valence-corrected chi connectivity index (χ3v) is 3.73. The summed E-state index contributed by atoms with van der Waals surface area (Å²) in [6, 6.07) is 8.99. The Morgan fingerprint density at radius 2 is 1.75 bits per heavy atom. The van der Waals surface area contributed by atoms with Gasteiger partial charge in [-0.25, -0.2) is 8.78 Å². The third-order valence-electron chi connectivity index (χ3n) is 3.73. The molecule has 2 N–H and O–H groups in total. The molecule has 2 aromatic carbocycles. The van der Waals surface area contributed by atoms with Crippen molar-refractivity contribution in [2.24, 2.45) is 0 Å². The molecular weight excluding hydrogens is 312 g/mol. The molecule has 0 saturated heterocycles. The van der Waals surface area contributed by atoms with E-state index in [0.29, 0.717) is 11.3 Å². The highest BCUT2D eigenvalue weighted by Gasteiger charge is 2.13. The van der Waals surface area contributed by atoms with Gasteiger partial charge in [-0.15, -0.1) is 0 Å². The van der Waals surface area contributed by atoms with Crippen molar-refractivity contribution in [1.29, 1.82) is 0 Å². The maximum absolute atomic E-state index is 13.7. The molecule has 130 valence electrons. The minimum atomic E-state index is -0.739. The predicted octanol–water partition coefficient (Wildman–Crippen LogP) is 3.67. The summed E-state index contributed by atoms with van der Waals surface area (Å²) < 4.78 is 32.2. The molecule has 2 rings (SSSR count). The first-order valence-electron chi connectivity index (χ1n) is 7.92. The Morgan fingerprint density at radius 1 is 1.08 bits per heavy atom. The molecule has 0 fully saturated rings. The van der Waals surface area contributed by atoms with E-state index in [-0.39, 0.29) is 19.2 Å². The summed E-state index contributed by atoms with van der Waals surface area (Å²) in [5, 5.41) is 13.0. The maximum Gasteiger partial charge on any atom is 0.130 e. The van der Waals surface area contributed by atoms with Crippen LogP contribution in [0.2, 0.25) is 0 Å². The van der Waals surface area contributed by atoms with Crippen LogP contribution in [0.4, 0.5) is 8.78 Å². The number of aliphatic hydroxyl groups excluding tert-OH is 1. The maximum atomic E-state index is 13.7. The van der Waals surface area contributed by atoms with Gasteiger partial charge in [0, 0.05) is 24.2 Å². The van der Waals surface area contributed by atoms with Crippen LogP contribution in [0, 0.1) is 25.5 Å². The lowest BCUT2D eigenvalue weighted by Gasteiger charge is -2.18. The fraction of sp³-hybridized carbons (Fsp3) is 0.368. The lowest BCUT2D eigenvalue weighted by molar-refractivity contribution is 0.104. The van der Waals surface area contributed by atoms with E-state index in [9.17, 15) is 13.9 Å². The van der Waals surface area contributed by atoms with E-state index >= 15 is 0 Å². The van der Waals surface area contributed by atoms with Crippen molar-refractivity contribution in [2.75, 3.05) is 13.2 Å². The van der Waals surface area contributed by atoms with Gasteiger partial charge >= 0.3 is 0 Å². The van der Waals surface area contributed by atoms with Crippen LogP contribution in [0.3, 0.4) is 0 Å². The van der Waals surface area contributed by atoms with Crippen LogP contribution in [0.1, 0.15) is 29.7 Å². The molecule has 2 atom stereocenters. The van der Waals surface area contributed by atoms with Crippen LogP contribution < -0.4 is 10.1 Å². The number of nitrogens with one attached hydrogen (secondary N) is 1. The molecular formula is C19H23F2NO2. The number of ether oxygens (including phenoxy) is 1. The fourth-order valence-electron chi connectivity index (χ4n) is 2.54. The quantitative estimate of drug-likeness (QED) is 0.811. The van der Waals surface area contributed by atoms with Crippen LogP contribution in [0.25, 0.3) is 0 Å². The monoisotopic (exact) mass is 335 g/mol. The van der Waals surface area contributed by atoms with E-state index in [1.807, 2.05) is 32.0 Å². The molecule has 0 radical (unpaired) electrons. The van der Waals surface area contributed by atoms with E-state index in [4.69, 9.17) is 4.74 Å². The van der Waals surface area contributed by atoms with Gasteiger partial charge < -0.3 is 15.2 Å². The van der Waals surface area contributed by atoms with Crippen molar-refractivity contribution in [3.63, 3.8) is 0 Å². The van der Waals surface area contributed by atoms with Gasteiger partial charge in [-0.05, 0) is 50.1 Å². The Kier molecular flexibility index (Phi) is 6.29. The molecule has 5 heteroatoms. The smallest absolute Gasteiger partial charge is 0.130 e. The zero-order valence-electron chi connectivity index (χ0n) is 14.1. The Bertz CT molecular complexity index is 671. The van der Waals surface area contributed by atoms with Crippen molar-refractivity contribution in [3.8, 4) is 5.75 Å². The Morgan fingerprint density at radius 3 is 2.38 bits per heavy atom.